The molecule has 1 atom stereocenters. The maximum Gasteiger partial charge on any atom is 0.242 e. The van der Waals surface area contributed by atoms with Crippen LogP contribution < -0.4 is 16.4 Å². The average Bonchev–Trinajstić information content (AvgIpc) is 2.40. The van der Waals surface area contributed by atoms with Crippen LogP contribution in [0.25, 0.3) is 10.9 Å². The van der Waals surface area contributed by atoms with E-state index in [-0.39, 0.29) is 11.9 Å². The van der Waals surface area contributed by atoms with Gasteiger partial charge < -0.3 is 16.4 Å². The van der Waals surface area contributed by atoms with E-state index in [4.69, 9.17) is 5.73 Å². The first kappa shape index (κ1) is 13.1. The number of para-hydroxylation sites is 1. The molecule has 0 radical (unpaired) electrons. The highest BCUT2D eigenvalue weighted by Crippen LogP contribution is 2.25. The zero-order valence-corrected chi connectivity index (χ0v) is 11.1. The summed E-state index contributed by atoms with van der Waals surface area (Å²) in [5.41, 5.74) is 8.13. The van der Waals surface area contributed by atoms with Crippen molar-refractivity contribution in [2.45, 2.75) is 19.9 Å². The van der Waals surface area contributed by atoms with Gasteiger partial charge in [-0.25, -0.2) is 0 Å². The number of hydrogen-bond donors (Lipinski definition) is 3. The van der Waals surface area contributed by atoms with E-state index in [0.717, 1.165) is 16.6 Å². The van der Waals surface area contributed by atoms with Crippen LogP contribution >= 0.6 is 0 Å². The first-order valence-corrected chi connectivity index (χ1v) is 6.31. The van der Waals surface area contributed by atoms with Gasteiger partial charge in [0.25, 0.3) is 0 Å². The number of aromatic nitrogens is 1. The highest BCUT2D eigenvalue weighted by Gasteiger charge is 2.13. The van der Waals surface area contributed by atoms with Crippen molar-refractivity contribution in [2.75, 3.05) is 17.6 Å². The molecule has 0 aliphatic carbocycles. The molecular formula is C14H18N4O. The molecule has 5 heteroatoms. The third-order valence-electron chi connectivity index (χ3n) is 2.92. The van der Waals surface area contributed by atoms with Crippen LogP contribution in [0.5, 0.6) is 0 Å². The number of carbonyl (C=O) groups is 1. The molecular weight excluding hydrogens is 240 g/mol. The Labute approximate surface area is 112 Å². The summed E-state index contributed by atoms with van der Waals surface area (Å²) in [6.45, 7) is 4.34. The third kappa shape index (κ3) is 2.76. The molecule has 19 heavy (non-hydrogen) atoms. The molecule has 100 valence electrons. The molecule has 1 aromatic heterocycles. The van der Waals surface area contributed by atoms with Gasteiger partial charge in [0.15, 0.2) is 0 Å². The minimum atomic E-state index is -0.313. The number of nitrogens with zero attached hydrogens (tertiary/aromatic N) is 1. The topological polar surface area (TPSA) is 80.0 Å². The van der Waals surface area contributed by atoms with E-state index in [0.29, 0.717) is 12.2 Å². The van der Waals surface area contributed by atoms with E-state index in [9.17, 15) is 4.79 Å². The highest BCUT2D eigenvalue weighted by molar-refractivity contribution is 5.98. The summed E-state index contributed by atoms with van der Waals surface area (Å²) in [5.74, 6) is -0.0311. The number of nitrogens with one attached hydrogen (secondary N) is 2. The second kappa shape index (κ2) is 5.56. The fourth-order valence-corrected chi connectivity index (χ4v) is 1.95. The number of anilines is 2. The van der Waals surface area contributed by atoms with E-state index < -0.39 is 0 Å². The smallest absolute Gasteiger partial charge is 0.242 e. The molecule has 0 bridgehead atoms. The van der Waals surface area contributed by atoms with Crippen LogP contribution in [0.2, 0.25) is 0 Å². The summed E-state index contributed by atoms with van der Waals surface area (Å²) < 4.78 is 0. The van der Waals surface area contributed by atoms with E-state index >= 15 is 0 Å². The molecule has 0 saturated heterocycles. The van der Waals surface area contributed by atoms with Crippen LogP contribution in [0.3, 0.4) is 0 Å². The van der Waals surface area contributed by atoms with E-state index in [1.807, 2.05) is 38.1 Å². The molecule has 4 N–H and O–H groups in total. The van der Waals surface area contributed by atoms with Gasteiger partial charge in [0, 0.05) is 23.8 Å². The Kier molecular flexibility index (Phi) is 3.85. The molecule has 5 nitrogen and oxygen atoms in total. The largest absolute Gasteiger partial charge is 0.397 e. The second-order valence-corrected chi connectivity index (χ2v) is 4.36. The number of likely N-dealkylation sites (N-methyl/N-ethyl adjacent to an activating group) is 1. The Bertz CT molecular complexity index is 597. The number of pyridine rings is 1. The third-order valence-corrected chi connectivity index (χ3v) is 2.92. The monoisotopic (exact) mass is 258 g/mol. The lowest BCUT2D eigenvalue weighted by Crippen LogP contribution is -2.37. The Hall–Kier alpha value is -2.30. The van der Waals surface area contributed by atoms with Gasteiger partial charge in [-0.2, -0.15) is 0 Å². The summed E-state index contributed by atoms with van der Waals surface area (Å²) in [6.07, 6.45) is 1.69. The van der Waals surface area contributed by atoms with Crippen molar-refractivity contribution in [1.82, 2.24) is 10.3 Å². The van der Waals surface area contributed by atoms with Crippen molar-refractivity contribution < 1.29 is 4.79 Å². The molecule has 1 unspecified atom stereocenters. The number of nitrogen functional groups attached to an aromatic ring is 1. The normalized spacial score (nSPS) is 12.1. The van der Waals surface area contributed by atoms with Crippen LogP contribution in [-0.4, -0.2) is 23.5 Å². The van der Waals surface area contributed by atoms with Gasteiger partial charge >= 0.3 is 0 Å². The van der Waals surface area contributed by atoms with Gasteiger partial charge in [0.2, 0.25) is 5.91 Å². The number of rotatable bonds is 4. The number of hydrogen-bond acceptors (Lipinski definition) is 4. The standard InChI is InChI=1S/C14H18N4O/c1-3-16-14(19)9(2)18-12-7-8-17-13-10(12)5-4-6-11(13)15/h4-9H,3,15H2,1-2H3,(H,16,19)(H,17,18). The molecule has 0 saturated carbocycles. The van der Waals surface area contributed by atoms with Gasteiger partial charge in [-0.3, -0.25) is 9.78 Å². The van der Waals surface area contributed by atoms with Gasteiger partial charge in [-0.15, -0.1) is 0 Å². The Balaban J connectivity index is 2.31. The summed E-state index contributed by atoms with van der Waals surface area (Å²) in [4.78, 5) is 16.0. The van der Waals surface area contributed by atoms with Crippen LogP contribution in [0.4, 0.5) is 11.4 Å². The van der Waals surface area contributed by atoms with Crippen LogP contribution in [-0.2, 0) is 4.79 Å². The zero-order chi connectivity index (χ0) is 13.8. The molecule has 1 aromatic carbocycles. The number of nitrogens with two attached hydrogens (primary N) is 1. The van der Waals surface area contributed by atoms with Crippen molar-refractivity contribution in [3.8, 4) is 0 Å². The van der Waals surface area contributed by atoms with Crippen molar-refractivity contribution in [3.63, 3.8) is 0 Å². The first-order valence-electron chi connectivity index (χ1n) is 6.31. The highest BCUT2D eigenvalue weighted by atomic mass is 16.2. The van der Waals surface area contributed by atoms with Gasteiger partial charge in [-0.05, 0) is 26.0 Å². The predicted octanol–water partition coefficient (Wildman–Crippen LogP) is 1.75. The molecule has 0 spiro atoms. The molecule has 1 heterocycles. The maximum atomic E-state index is 11.7. The summed E-state index contributed by atoms with van der Waals surface area (Å²) >= 11 is 0. The van der Waals surface area contributed by atoms with Crippen molar-refractivity contribution in [1.29, 1.82) is 0 Å². The Morgan fingerprint density at radius 2 is 2.21 bits per heavy atom. The molecule has 2 rings (SSSR count). The Morgan fingerprint density at radius 3 is 2.95 bits per heavy atom. The SMILES string of the molecule is CCNC(=O)C(C)Nc1ccnc2c(N)cccc12. The maximum absolute atomic E-state index is 11.7. The average molecular weight is 258 g/mol. The van der Waals surface area contributed by atoms with Gasteiger partial charge in [0.1, 0.15) is 6.04 Å². The number of benzene rings is 1. The summed E-state index contributed by atoms with van der Waals surface area (Å²) in [7, 11) is 0. The fourth-order valence-electron chi connectivity index (χ4n) is 1.95. The van der Waals surface area contributed by atoms with E-state index in [1.54, 1.807) is 6.20 Å². The minimum absolute atomic E-state index is 0.0311. The second-order valence-electron chi connectivity index (χ2n) is 4.36. The lowest BCUT2D eigenvalue weighted by Gasteiger charge is -2.16. The summed E-state index contributed by atoms with van der Waals surface area (Å²) in [5, 5.41) is 6.89. The molecule has 0 aliphatic heterocycles. The van der Waals surface area contributed by atoms with Crippen molar-refractivity contribution in [2.24, 2.45) is 0 Å². The molecule has 1 amide bonds. The zero-order valence-electron chi connectivity index (χ0n) is 11.1. The quantitative estimate of drug-likeness (QED) is 0.730. The van der Waals surface area contributed by atoms with Gasteiger partial charge in [-0.1, -0.05) is 12.1 Å². The molecule has 0 aliphatic rings. The lowest BCUT2D eigenvalue weighted by atomic mass is 10.1. The number of carbonyl (C=O) groups excluding carboxylic acids is 1. The van der Waals surface area contributed by atoms with E-state index in [1.165, 1.54) is 0 Å². The number of amides is 1. The van der Waals surface area contributed by atoms with Crippen molar-refractivity contribution in [3.05, 3.63) is 30.5 Å². The van der Waals surface area contributed by atoms with E-state index in [2.05, 4.69) is 15.6 Å². The van der Waals surface area contributed by atoms with Crippen LogP contribution in [0.1, 0.15) is 13.8 Å². The lowest BCUT2D eigenvalue weighted by molar-refractivity contribution is -0.121. The van der Waals surface area contributed by atoms with Crippen LogP contribution in [0, 0.1) is 0 Å². The van der Waals surface area contributed by atoms with Crippen molar-refractivity contribution >= 4 is 28.2 Å². The Morgan fingerprint density at radius 1 is 1.42 bits per heavy atom. The fraction of sp³-hybridized carbons (Fsp3) is 0.286. The molecule has 2 aromatic rings. The minimum Gasteiger partial charge on any atom is -0.397 e. The summed E-state index contributed by atoms with van der Waals surface area (Å²) in [6, 6.07) is 7.16. The van der Waals surface area contributed by atoms with Crippen LogP contribution in [0.15, 0.2) is 30.5 Å². The first-order chi connectivity index (χ1) is 9.13. The predicted molar refractivity (Wildman–Crippen MR) is 77.9 cm³/mol. The molecule has 0 fully saturated rings. The van der Waals surface area contributed by atoms with Gasteiger partial charge in [0.05, 0.1) is 11.2 Å². The number of fused-ring (bicyclic) bond motifs is 1.